The van der Waals surface area contributed by atoms with Crippen molar-refractivity contribution in [3.05, 3.63) is 52.5 Å². The quantitative estimate of drug-likeness (QED) is 0.751. The molecule has 0 saturated heterocycles. The van der Waals surface area contributed by atoms with Crippen LogP contribution in [0.25, 0.3) is 6.08 Å². The van der Waals surface area contributed by atoms with Crippen molar-refractivity contribution in [1.82, 2.24) is 0 Å². The van der Waals surface area contributed by atoms with E-state index in [0.717, 1.165) is 5.57 Å². The van der Waals surface area contributed by atoms with Gasteiger partial charge in [0, 0.05) is 0 Å². The summed E-state index contributed by atoms with van der Waals surface area (Å²) in [7, 11) is 0. The number of hydrogen-bond donors (Lipinski definition) is 1. The van der Waals surface area contributed by atoms with Gasteiger partial charge >= 0.3 is 5.97 Å². The van der Waals surface area contributed by atoms with Crippen LogP contribution in [0.3, 0.4) is 0 Å². The molecule has 1 aliphatic rings. The molecule has 1 aromatic rings. The fraction of sp³-hybridized carbons (Fsp3) is 0.421. The molecule has 22 heavy (non-hydrogen) atoms. The lowest BCUT2D eigenvalue weighted by Gasteiger charge is -2.32. The van der Waals surface area contributed by atoms with Crippen LogP contribution >= 0.6 is 0 Å². The standard InChI is InChI=1S/C19H24O3/c1-13(12-15-8-10-17(22-15)18(20)21)7-9-16-14(2)6-5-11-19(16,3)4/h7-10,12H,5-6,11H2,1-4H3,(H,20,21)/b9-7?,13-12+. The van der Waals surface area contributed by atoms with Crippen LogP contribution in [0.5, 0.6) is 0 Å². The van der Waals surface area contributed by atoms with Crippen LogP contribution in [0.2, 0.25) is 0 Å². The van der Waals surface area contributed by atoms with Crippen molar-refractivity contribution in [3.8, 4) is 0 Å². The molecule has 0 bridgehead atoms. The van der Waals surface area contributed by atoms with Gasteiger partial charge in [0.1, 0.15) is 5.76 Å². The number of aromatic carboxylic acids is 1. The highest BCUT2D eigenvalue weighted by atomic mass is 16.4. The van der Waals surface area contributed by atoms with Crippen LogP contribution in [0.4, 0.5) is 0 Å². The summed E-state index contributed by atoms with van der Waals surface area (Å²) in [5.74, 6) is -0.513. The Balaban J connectivity index is 2.18. The summed E-state index contributed by atoms with van der Waals surface area (Å²) in [4.78, 5) is 10.8. The van der Waals surface area contributed by atoms with Gasteiger partial charge in [-0.25, -0.2) is 4.79 Å². The zero-order valence-corrected chi connectivity index (χ0v) is 13.8. The molecule has 3 heteroatoms. The zero-order chi connectivity index (χ0) is 16.3. The van der Waals surface area contributed by atoms with Crippen LogP contribution in [0.15, 0.2) is 45.4 Å². The fourth-order valence-corrected chi connectivity index (χ4v) is 3.04. The third-order valence-electron chi connectivity index (χ3n) is 4.26. The summed E-state index contributed by atoms with van der Waals surface area (Å²) in [6, 6.07) is 3.15. The molecule has 2 rings (SSSR count). The van der Waals surface area contributed by atoms with Crippen molar-refractivity contribution < 1.29 is 14.3 Å². The van der Waals surface area contributed by atoms with Crippen molar-refractivity contribution in [3.63, 3.8) is 0 Å². The summed E-state index contributed by atoms with van der Waals surface area (Å²) < 4.78 is 5.25. The molecule has 0 aromatic carbocycles. The number of rotatable bonds is 4. The summed E-state index contributed by atoms with van der Waals surface area (Å²) in [5, 5.41) is 8.86. The van der Waals surface area contributed by atoms with Crippen LogP contribution < -0.4 is 0 Å². The van der Waals surface area contributed by atoms with Gasteiger partial charge in [0.15, 0.2) is 0 Å². The van der Waals surface area contributed by atoms with Gasteiger partial charge < -0.3 is 9.52 Å². The molecule has 0 fully saturated rings. The van der Waals surface area contributed by atoms with Gasteiger partial charge in [0.2, 0.25) is 5.76 Å². The Kier molecular flexibility index (Phi) is 4.74. The molecule has 0 amide bonds. The topological polar surface area (TPSA) is 50.4 Å². The number of hydrogen-bond acceptors (Lipinski definition) is 2. The first kappa shape index (κ1) is 16.3. The Morgan fingerprint density at radius 3 is 2.68 bits per heavy atom. The lowest BCUT2D eigenvalue weighted by molar-refractivity contribution is 0.0662. The van der Waals surface area contributed by atoms with E-state index in [1.807, 2.05) is 13.0 Å². The average Bonchev–Trinajstić information content (AvgIpc) is 2.86. The van der Waals surface area contributed by atoms with E-state index >= 15 is 0 Å². The van der Waals surface area contributed by atoms with E-state index < -0.39 is 5.97 Å². The summed E-state index contributed by atoms with van der Waals surface area (Å²) >= 11 is 0. The van der Waals surface area contributed by atoms with E-state index in [1.165, 1.54) is 36.5 Å². The molecular weight excluding hydrogens is 276 g/mol. The van der Waals surface area contributed by atoms with Gasteiger partial charge in [-0.05, 0) is 67.9 Å². The predicted molar refractivity (Wildman–Crippen MR) is 88.8 cm³/mol. The van der Waals surface area contributed by atoms with Crippen LogP contribution in [0, 0.1) is 5.41 Å². The molecule has 3 nitrogen and oxygen atoms in total. The van der Waals surface area contributed by atoms with Crippen molar-refractivity contribution in [1.29, 1.82) is 0 Å². The minimum atomic E-state index is -1.04. The Morgan fingerprint density at radius 2 is 2.09 bits per heavy atom. The first-order chi connectivity index (χ1) is 10.3. The number of carboxylic acid groups (broad SMARTS) is 1. The number of carboxylic acids is 1. The normalized spacial score (nSPS) is 19.0. The molecule has 0 saturated carbocycles. The summed E-state index contributed by atoms with van der Waals surface area (Å²) in [6.07, 6.45) is 9.78. The van der Waals surface area contributed by atoms with E-state index in [9.17, 15) is 4.79 Å². The third-order valence-corrected chi connectivity index (χ3v) is 4.26. The molecule has 1 heterocycles. The highest BCUT2D eigenvalue weighted by molar-refractivity contribution is 5.84. The Bertz CT molecular complexity index is 654. The van der Waals surface area contributed by atoms with E-state index in [4.69, 9.17) is 9.52 Å². The van der Waals surface area contributed by atoms with E-state index in [1.54, 1.807) is 6.07 Å². The van der Waals surface area contributed by atoms with Crippen LogP contribution in [0.1, 0.15) is 63.3 Å². The van der Waals surface area contributed by atoms with Gasteiger partial charge in [-0.3, -0.25) is 0 Å². The predicted octanol–water partition coefficient (Wildman–Crippen LogP) is 5.46. The maximum Gasteiger partial charge on any atom is 0.371 e. The third kappa shape index (κ3) is 3.79. The monoisotopic (exact) mass is 300 g/mol. The van der Waals surface area contributed by atoms with Crippen LogP contribution in [-0.2, 0) is 0 Å². The first-order valence-electron chi connectivity index (χ1n) is 7.69. The van der Waals surface area contributed by atoms with Gasteiger partial charge in [-0.15, -0.1) is 0 Å². The minimum absolute atomic E-state index is 0.0324. The number of furan rings is 1. The minimum Gasteiger partial charge on any atom is -0.475 e. The Hall–Kier alpha value is -2.03. The molecule has 0 aliphatic heterocycles. The molecular formula is C19H24O3. The second kappa shape index (κ2) is 6.39. The summed E-state index contributed by atoms with van der Waals surface area (Å²) in [6.45, 7) is 8.79. The number of allylic oxidation sites excluding steroid dienone is 5. The maximum atomic E-state index is 10.8. The van der Waals surface area contributed by atoms with Crippen molar-refractivity contribution in [2.45, 2.75) is 47.0 Å². The van der Waals surface area contributed by atoms with Gasteiger partial charge in [0.25, 0.3) is 0 Å². The smallest absolute Gasteiger partial charge is 0.371 e. The largest absolute Gasteiger partial charge is 0.475 e. The van der Waals surface area contributed by atoms with Crippen LogP contribution in [-0.4, -0.2) is 11.1 Å². The second-order valence-corrected chi connectivity index (χ2v) is 6.66. The Morgan fingerprint density at radius 1 is 1.36 bits per heavy atom. The van der Waals surface area contributed by atoms with Crippen molar-refractivity contribution in [2.24, 2.45) is 5.41 Å². The SMILES string of the molecule is CC1=C(C=C/C(C)=C/c2ccc(C(=O)O)o2)C(C)(C)CCC1. The summed E-state index contributed by atoms with van der Waals surface area (Å²) in [5.41, 5.74) is 4.14. The Labute approximate surface area is 132 Å². The van der Waals surface area contributed by atoms with E-state index in [0.29, 0.717) is 5.76 Å². The highest BCUT2D eigenvalue weighted by Crippen LogP contribution is 2.40. The first-order valence-corrected chi connectivity index (χ1v) is 7.69. The maximum absolute atomic E-state index is 10.8. The zero-order valence-electron chi connectivity index (χ0n) is 13.8. The fourth-order valence-electron chi connectivity index (χ4n) is 3.04. The average molecular weight is 300 g/mol. The van der Waals surface area contributed by atoms with E-state index in [-0.39, 0.29) is 11.2 Å². The highest BCUT2D eigenvalue weighted by Gasteiger charge is 2.26. The van der Waals surface area contributed by atoms with Crippen molar-refractivity contribution >= 4 is 12.0 Å². The second-order valence-electron chi connectivity index (χ2n) is 6.66. The van der Waals surface area contributed by atoms with E-state index in [2.05, 4.69) is 32.9 Å². The lowest BCUT2D eigenvalue weighted by Crippen LogP contribution is -2.19. The molecule has 0 spiro atoms. The molecule has 0 atom stereocenters. The van der Waals surface area contributed by atoms with Crippen molar-refractivity contribution in [2.75, 3.05) is 0 Å². The van der Waals surface area contributed by atoms with Gasteiger partial charge in [-0.1, -0.05) is 31.6 Å². The molecule has 0 radical (unpaired) electrons. The van der Waals surface area contributed by atoms with Gasteiger partial charge in [-0.2, -0.15) is 0 Å². The molecule has 118 valence electrons. The molecule has 0 unspecified atom stereocenters. The molecule has 1 N–H and O–H groups in total. The van der Waals surface area contributed by atoms with Gasteiger partial charge in [0.05, 0.1) is 0 Å². The lowest BCUT2D eigenvalue weighted by atomic mass is 9.72. The number of carbonyl (C=O) groups is 1. The molecule has 1 aromatic heterocycles. The molecule has 1 aliphatic carbocycles.